The average Bonchev–Trinajstić information content (AvgIpc) is 2.35. The van der Waals surface area contributed by atoms with Crippen molar-refractivity contribution in [3.05, 3.63) is 24.3 Å². The lowest BCUT2D eigenvalue weighted by Crippen LogP contribution is -2.35. The van der Waals surface area contributed by atoms with E-state index in [2.05, 4.69) is 9.46 Å². The van der Waals surface area contributed by atoms with Crippen molar-refractivity contribution in [2.75, 3.05) is 17.9 Å². The standard InChI is InChI=1S/C11H13N3O5S/c1-2-18-11(15)14-20(16,17)13-9-4-3-5-10(8-9)19-7-6-12/h3-5,8,13H,2,7H2,1H3,(H,14,15). The maximum absolute atomic E-state index is 11.6. The summed E-state index contributed by atoms with van der Waals surface area (Å²) in [6.07, 6.45) is -1.07. The number of anilines is 1. The van der Waals surface area contributed by atoms with Gasteiger partial charge in [-0.3, -0.25) is 4.72 Å². The molecule has 0 aliphatic carbocycles. The summed E-state index contributed by atoms with van der Waals surface area (Å²) < 4.78 is 36.5. The van der Waals surface area contributed by atoms with Crippen LogP contribution in [0, 0.1) is 11.3 Å². The van der Waals surface area contributed by atoms with Crippen LogP contribution in [0.15, 0.2) is 24.3 Å². The van der Waals surface area contributed by atoms with Crippen LogP contribution >= 0.6 is 0 Å². The fourth-order valence-corrected chi connectivity index (χ4v) is 1.98. The molecule has 8 nitrogen and oxygen atoms in total. The smallest absolute Gasteiger partial charge is 0.422 e. The van der Waals surface area contributed by atoms with E-state index in [9.17, 15) is 13.2 Å². The average molecular weight is 299 g/mol. The Kier molecular flexibility index (Phi) is 5.61. The van der Waals surface area contributed by atoms with Crippen molar-refractivity contribution in [1.29, 1.82) is 5.26 Å². The highest BCUT2D eigenvalue weighted by atomic mass is 32.2. The molecule has 1 aromatic carbocycles. The van der Waals surface area contributed by atoms with Crippen LogP contribution in [0.1, 0.15) is 6.92 Å². The van der Waals surface area contributed by atoms with Gasteiger partial charge in [0.05, 0.1) is 12.3 Å². The number of nitriles is 1. The van der Waals surface area contributed by atoms with Crippen molar-refractivity contribution in [3.8, 4) is 11.8 Å². The quantitative estimate of drug-likeness (QED) is 0.808. The first-order valence-corrected chi connectivity index (χ1v) is 7.02. The van der Waals surface area contributed by atoms with Crippen molar-refractivity contribution in [2.24, 2.45) is 0 Å². The van der Waals surface area contributed by atoms with E-state index in [0.29, 0.717) is 5.75 Å². The van der Waals surface area contributed by atoms with Crippen LogP contribution in [0.5, 0.6) is 5.75 Å². The van der Waals surface area contributed by atoms with Crippen LogP contribution in [-0.2, 0) is 14.9 Å². The van der Waals surface area contributed by atoms with E-state index in [4.69, 9.17) is 10.00 Å². The zero-order chi connectivity index (χ0) is 15.0. The normalized spacial score (nSPS) is 10.2. The van der Waals surface area contributed by atoms with Gasteiger partial charge < -0.3 is 9.47 Å². The summed E-state index contributed by atoms with van der Waals surface area (Å²) in [6.45, 7) is 1.45. The fourth-order valence-electron chi connectivity index (χ4n) is 1.22. The van der Waals surface area contributed by atoms with Crippen LogP contribution in [0.4, 0.5) is 10.5 Å². The van der Waals surface area contributed by atoms with Gasteiger partial charge in [-0.1, -0.05) is 6.07 Å². The Morgan fingerprint density at radius 3 is 2.85 bits per heavy atom. The first-order valence-electron chi connectivity index (χ1n) is 5.54. The molecule has 0 saturated heterocycles. The number of carbonyl (C=O) groups excluding carboxylic acids is 1. The molecular formula is C11H13N3O5S. The van der Waals surface area contributed by atoms with Crippen LogP contribution < -0.4 is 14.2 Å². The monoisotopic (exact) mass is 299 g/mol. The van der Waals surface area contributed by atoms with Gasteiger partial charge in [0, 0.05) is 6.07 Å². The highest BCUT2D eigenvalue weighted by Crippen LogP contribution is 2.17. The third-order valence-corrected chi connectivity index (χ3v) is 2.82. The van der Waals surface area contributed by atoms with Crippen molar-refractivity contribution < 1.29 is 22.7 Å². The van der Waals surface area contributed by atoms with Gasteiger partial charge in [-0.2, -0.15) is 13.7 Å². The number of nitrogens with zero attached hydrogens (tertiary/aromatic N) is 1. The highest BCUT2D eigenvalue weighted by Gasteiger charge is 2.15. The molecule has 1 aromatic rings. The summed E-state index contributed by atoms with van der Waals surface area (Å²) in [5.74, 6) is 0.322. The Morgan fingerprint density at radius 1 is 1.45 bits per heavy atom. The Hall–Kier alpha value is -2.47. The fraction of sp³-hybridized carbons (Fsp3) is 0.273. The molecule has 0 aliphatic rings. The van der Waals surface area contributed by atoms with Crippen LogP contribution in [0.2, 0.25) is 0 Å². The minimum Gasteiger partial charge on any atom is -0.479 e. The number of carbonyl (C=O) groups is 1. The van der Waals surface area contributed by atoms with Crippen molar-refractivity contribution in [1.82, 2.24) is 4.72 Å². The van der Waals surface area contributed by atoms with Gasteiger partial charge in [0.2, 0.25) is 0 Å². The Labute approximate surface area is 116 Å². The molecule has 0 aliphatic heterocycles. The summed E-state index contributed by atoms with van der Waals surface area (Å²) in [6, 6.07) is 7.73. The topological polar surface area (TPSA) is 118 Å². The predicted octanol–water partition coefficient (Wildman–Crippen LogP) is 0.992. The number of benzene rings is 1. The molecule has 0 saturated carbocycles. The van der Waals surface area contributed by atoms with E-state index in [1.54, 1.807) is 23.8 Å². The third-order valence-electron chi connectivity index (χ3n) is 1.88. The lowest BCUT2D eigenvalue weighted by Gasteiger charge is -2.10. The van der Waals surface area contributed by atoms with E-state index in [1.807, 2.05) is 0 Å². The molecule has 1 amide bonds. The molecule has 0 spiro atoms. The maximum atomic E-state index is 11.6. The molecule has 0 heterocycles. The van der Waals surface area contributed by atoms with Gasteiger partial charge >= 0.3 is 16.3 Å². The SMILES string of the molecule is CCOC(=O)NS(=O)(=O)Nc1cccc(OCC#N)c1. The molecular weight excluding hydrogens is 286 g/mol. The first kappa shape index (κ1) is 15.6. The number of hydrogen-bond acceptors (Lipinski definition) is 6. The Bertz CT molecular complexity index is 609. The minimum atomic E-state index is -4.09. The second-order valence-electron chi connectivity index (χ2n) is 3.40. The zero-order valence-corrected chi connectivity index (χ0v) is 11.4. The number of rotatable bonds is 6. The number of amides is 1. The van der Waals surface area contributed by atoms with Gasteiger partial charge in [0.25, 0.3) is 0 Å². The van der Waals surface area contributed by atoms with Crippen LogP contribution in [0.3, 0.4) is 0 Å². The van der Waals surface area contributed by atoms with Gasteiger partial charge in [0.1, 0.15) is 11.8 Å². The summed E-state index contributed by atoms with van der Waals surface area (Å²) in [5, 5.41) is 8.39. The Morgan fingerprint density at radius 2 is 2.20 bits per heavy atom. The molecule has 0 atom stereocenters. The van der Waals surface area contributed by atoms with Crippen LogP contribution in [-0.4, -0.2) is 27.7 Å². The molecule has 9 heteroatoms. The molecule has 1 rings (SSSR count). The van der Waals surface area contributed by atoms with Crippen molar-refractivity contribution >= 4 is 22.0 Å². The second-order valence-corrected chi connectivity index (χ2v) is 4.82. The van der Waals surface area contributed by atoms with Gasteiger partial charge in [0.15, 0.2) is 6.61 Å². The summed E-state index contributed by atoms with van der Waals surface area (Å²) >= 11 is 0. The van der Waals surface area contributed by atoms with E-state index < -0.39 is 16.3 Å². The van der Waals surface area contributed by atoms with Crippen LogP contribution in [0.25, 0.3) is 0 Å². The number of hydrogen-bond donors (Lipinski definition) is 2. The molecule has 0 fully saturated rings. The maximum Gasteiger partial charge on any atom is 0.422 e. The zero-order valence-electron chi connectivity index (χ0n) is 10.6. The van der Waals surface area contributed by atoms with E-state index in [0.717, 1.165) is 0 Å². The van der Waals surface area contributed by atoms with E-state index in [-0.39, 0.29) is 18.9 Å². The lowest BCUT2D eigenvalue weighted by atomic mass is 10.3. The minimum absolute atomic E-state index is 0.0544. The second kappa shape index (κ2) is 7.20. The van der Waals surface area contributed by atoms with E-state index in [1.165, 1.54) is 18.2 Å². The molecule has 108 valence electrons. The Balaban J connectivity index is 2.72. The predicted molar refractivity (Wildman–Crippen MR) is 70.3 cm³/mol. The van der Waals surface area contributed by atoms with Gasteiger partial charge in [-0.05, 0) is 19.1 Å². The number of nitrogens with one attached hydrogen (secondary N) is 2. The highest BCUT2D eigenvalue weighted by molar-refractivity contribution is 7.91. The summed E-state index contributed by atoms with van der Waals surface area (Å²) in [4.78, 5) is 11.0. The summed E-state index contributed by atoms with van der Waals surface area (Å²) in [7, 11) is -4.09. The van der Waals surface area contributed by atoms with Gasteiger partial charge in [-0.25, -0.2) is 9.52 Å². The molecule has 0 radical (unpaired) electrons. The molecule has 0 unspecified atom stereocenters. The molecule has 2 N–H and O–H groups in total. The first-order chi connectivity index (χ1) is 9.46. The van der Waals surface area contributed by atoms with Crippen molar-refractivity contribution in [3.63, 3.8) is 0 Å². The molecule has 0 aromatic heterocycles. The summed E-state index contributed by atoms with van der Waals surface area (Å²) in [5.41, 5.74) is 0.178. The molecule has 20 heavy (non-hydrogen) atoms. The van der Waals surface area contributed by atoms with Gasteiger partial charge in [-0.15, -0.1) is 0 Å². The number of ether oxygens (including phenoxy) is 2. The third kappa shape index (κ3) is 5.45. The van der Waals surface area contributed by atoms with E-state index >= 15 is 0 Å². The van der Waals surface area contributed by atoms with Crippen molar-refractivity contribution in [2.45, 2.75) is 6.92 Å². The largest absolute Gasteiger partial charge is 0.479 e. The molecule has 0 bridgehead atoms. The lowest BCUT2D eigenvalue weighted by molar-refractivity contribution is 0.159.